The lowest BCUT2D eigenvalue weighted by molar-refractivity contribution is -0.305. The van der Waals surface area contributed by atoms with Crippen LogP contribution in [0.15, 0.2) is 0 Å². The number of carboxylic acid groups (broad SMARTS) is 1. The van der Waals surface area contributed by atoms with Gasteiger partial charge < -0.3 is 19.7 Å². The average Bonchev–Trinajstić information content (AvgIpc) is 1.83. The first-order chi connectivity index (χ1) is 5.38. The summed E-state index contributed by atoms with van der Waals surface area (Å²) in [6.45, 7) is 1.73. The van der Waals surface area contributed by atoms with E-state index in [-0.39, 0.29) is 6.42 Å². The molecule has 0 spiro atoms. The van der Waals surface area contributed by atoms with Crippen molar-refractivity contribution in [2.24, 2.45) is 0 Å². The van der Waals surface area contributed by atoms with Gasteiger partial charge in [-0.1, -0.05) is 13.3 Å². The third-order valence-electron chi connectivity index (χ3n) is 1.50. The highest BCUT2D eigenvalue weighted by Gasteiger charge is 2.27. The topological polar surface area (TPSA) is 97.7 Å². The van der Waals surface area contributed by atoms with Crippen LogP contribution in [0, 0.1) is 0 Å². The summed E-state index contributed by atoms with van der Waals surface area (Å²) in [5.74, 6) is -1.42. The van der Waals surface area contributed by atoms with Crippen molar-refractivity contribution in [3.05, 3.63) is 0 Å². The molecule has 2 N–H and O–H groups in total. The Morgan fingerprint density at radius 2 is 2.08 bits per heavy atom. The average molecular weight is 195 g/mol. The SMILES string of the molecule is CCCC(CC(=O)[O-])P(=O)(O)O. The monoisotopic (exact) mass is 195 g/mol. The Morgan fingerprint density at radius 1 is 1.58 bits per heavy atom. The number of carbonyl (C=O) groups excluding carboxylic acids is 1. The van der Waals surface area contributed by atoms with Crippen LogP contribution in [0.4, 0.5) is 0 Å². The number of carboxylic acids is 1. The van der Waals surface area contributed by atoms with Crippen LogP contribution < -0.4 is 5.11 Å². The molecule has 5 nitrogen and oxygen atoms in total. The molecule has 0 aliphatic rings. The van der Waals surface area contributed by atoms with E-state index in [1.165, 1.54) is 0 Å². The molecule has 0 saturated carbocycles. The van der Waals surface area contributed by atoms with Crippen molar-refractivity contribution in [3.8, 4) is 0 Å². The third kappa shape index (κ3) is 4.49. The second kappa shape index (κ2) is 4.60. The highest BCUT2D eigenvalue weighted by Crippen LogP contribution is 2.44. The minimum atomic E-state index is -4.27. The standard InChI is InChI=1S/C6H13O5P/c1-2-3-5(4-6(7)8)12(9,10)11/h5H,2-4H2,1H3,(H,7,8)(H2,9,10,11)/p-1. The van der Waals surface area contributed by atoms with Crippen LogP contribution in [0.1, 0.15) is 26.2 Å². The maximum atomic E-state index is 10.7. The van der Waals surface area contributed by atoms with Crippen LogP contribution in [0.2, 0.25) is 0 Å². The fourth-order valence-electron chi connectivity index (χ4n) is 0.915. The van der Waals surface area contributed by atoms with E-state index >= 15 is 0 Å². The molecule has 1 unspecified atom stereocenters. The van der Waals surface area contributed by atoms with Gasteiger partial charge in [0, 0.05) is 12.4 Å². The molecule has 0 rings (SSSR count). The van der Waals surface area contributed by atoms with Gasteiger partial charge in [0.1, 0.15) is 0 Å². The molecule has 0 fully saturated rings. The molecule has 0 aliphatic carbocycles. The summed E-state index contributed by atoms with van der Waals surface area (Å²) >= 11 is 0. The van der Waals surface area contributed by atoms with Crippen molar-refractivity contribution < 1.29 is 24.3 Å². The molecule has 0 heterocycles. The fourth-order valence-corrected chi connectivity index (χ4v) is 1.90. The van der Waals surface area contributed by atoms with Gasteiger partial charge in [-0.05, 0) is 6.42 Å². The number of carbonyl (C=O) groups is 1. The number of hydrogen-bond donors (Lipinski definition) is 2. The Bertz CT molecular complexity index is 196. The molecule has 0 amide bonds. The van der Waals surface area contributed by atoms with Gasteiger partial charge in [0.05, 0.1) is 5.66 Å². The molecule has 0 radical (unpaired) electrons. The Balaban J connectivity index is 4.24. The first-order valence-corrected chi connectivity index (χ1v) is 5.31. The summed E-state index contributed by atoms with van der Waals surface area (Å²) in [4.78, 5) is 27.4. The van der Waals surface area contributed by atoms with E-state index in [0.29, 0.717) is 6.42 Å². The van der Waals surface area contributed by atoms with Gasteiger partial charge in [-0.2, -0.15) is 0 Å². The van der Waals surface area contributed by atoms with E-state index in [1.54, 1.807) is 6.92 Å². The van der Waals surface area contributed by atoms with Crippen LogP contribution in [0.25, 0.3) is 0 Å². The number of rotatable bonds is 5. The quantitative estimate of drug-likeness (QED) is 0.575. The molecule has 1 atom stereocenters. The largest absolute Gasteiger partial charge is 0.550 e. The maximum Gasteiger partial charge on any atom is 0.328 e. The molecule has 0 aromatic heterocycles. The first-order valence-electron chi connectivity index (χ1n) is 3.63. The molecule has 0 aliphatic heterocycles. The van der Waals surface area contributed by atoms with E-state index in [1.807, 2.05) is 0 Å². The number of hydrogen-bond acceptors (Lipinski definition) is 3. The molecule has 0 saturated heterocycles. The van der Waals surface area contributed by atoms with Gasteiger partial charge in [0.2, 0.25) is 0 Å². The van der Waals surface area contributed by atoms with Crippen molar-refractivity contribution in [1.29, 1.82) is 0 Å². The highest BCUT2D eigenvalue weighted by molar-refractivity contribution is 7.52. The zero-order valence-electron chi connectivity index (χ0n) is 6.77. The summed E-state index contributed by atoms with van der Waals surface area (Å²) in [6, 6.07) is 0. The van der Waals surface area contributed by atoms with E-state index in [9.17, 15) is 14.5 Å². The molecular weight excluding hydrogens is 183 g/mol. The molecule has 0 aromatic carbocycles. The number of aliphatic carboxylic acids is 1. The van der Waals surface area contributed by atoms with Crippen LogP contribution in [-0.4, -0.2) is 21.4 Å². The Labute approximate surface area is 70.6 Å². The van der Waals surface area contributed by atoms with E-state index in [2.05, 4.69) is 0 Å². The van der Waals surface area contributed by atoms with Gasteiger partial charge in [-0.15, -0.1) is 0 Å². The predicted octanol–water partition coefficient (Wildman–Crippen LogP) is -0.527. The normalized spacial score (nSPS) is 14.2. The minimum Gasteiger partial charge on any atom is -0.550 e. The fraction of sp³-hybridized carbons (Fsp3) is 0.833. The molecule has 0 bridgehead atoms. The van der Waals surface area contributed by atoms with Crippen LogP contribution in [0.3, 0.4) is 0 Å². The summed E-state index contributed by atoms with van der Waals surface area (Å²) in [5.41, 5.74) is -1.09. The zero-order valence-corrected chi connectivity index (χ0v) is 7.66. The molecule has 12 heavy (non-hydrogen) atoms. The third-order valence-corrected chi connectivity index (χ3v) is 2.89. The second-order valence-corrected chi connectivity index (χ2v) is 4.52. The lowest BCUT2D eigenvalue weighted by atomic mass is 10.2. The van der Waals surface area contributed by atoms with Crippen molar-refractivity contribution >= 4 is 13.6 Å². The Kier molecular flexibility index (Phi) is 4.45. The van der Waals surface area contributed by atoms with Gasteiger partial charge in [0.15, 0.2) is 0 Å². The van der Waals surface area contributed by atoms with Crippen molar-refractivity contribution in [2.75, 3.05) is 0 Å². The van der Waals surface area contributed by atoms with Crippen molar-refractivity contribution in [3.63, 3.8) is 0 Å². The van der Waals surface area contributed by atoms with Gasteiger partial charge >= 0.3 is 7.60 Å². The van der Waals surface area contributed by atoms with Crippen LogP contribution in [-0.2, 0) is 9.36 Å². The summed E-state index contributed by atoms with van der Waals surface area (Å²) < 4.78 is 10.7. The Hall–Kier alpha value is -0.380. The van der Waals surface area contributed by atoms with Crippen LogP contribution >= 0.6 is 7.60 Å². The summed E-state index contributed by atoms with van der Waals surface area (Å²) in [7, 11) is -4.27. The lowest BCUT2D eigenvalue weighted by Gasteiger charge is -2.17. The second-order valence-electron chi connectivity index (χ2n) is 2.61. The summed E-state index contributed by atoms with van der Waals surface area (Å²) in [6.07, 6.45) is 0.180. The lowest BCUT2D eigenvalue weighted by Crippen LogP contribution is -2.27. The van der Waals surface area contributed by atoms with E-state index in [4.69, 9.17) is 9.79 Å². The van der Waals surface area contributed by atoms with E-state index in [0.717, 1.165) is 0 Å². The summed E-state index contributed by atoms with van der Waals surface area (Å²) in [5, 5.41) is 10.1. The zero-order chi connectivity index (χ0) is 9.78. The van der Waals surface area contributed by atoms with Crippen molar-refractivity contribution in [1.82, 2.24) is 0 Å². The first kappa shape index (κ1) is 11.6. The maximum absolute atomic E-state index is 10.7. The Morgan fingerprint density at radius 3 is 2.33 bits per heavy atom. The van der Waals surface area contributed by atoms with E-state index < -0.39 is 25.6 Å². The highest BCUT2D eigenvalue weighted by atomic mass is 31.2. The smallest absolute Gasteiger partial charge is 0.328 e. The molecule has 72 valence electrons. The van der Waals surface area contributed by atoms with Gasteiger partial charge in [-0.3, -0.25) is 4.57 Å². The van der Waals surface area contributed by atoms with Crippen molar-refractivity contribution in [2.45, 2.75) is 31.8 Å². The molecule has 6 heteroatoms. The molecular formula is C6H12O5P-. The van der Waals surface area contributed by atoms with Gasteiger partial charge in [0.25, 0.3) is 0 Å². The molecule has 0 aromatic rings. The minimum absolute atomic E-state index is 0.207. The predicted molar refractivity (Wildman–Crippen MR) is 40.4 cm³/mol. The van der Waals surface area contributed by atoms with Crippen LogP contribution in [0.5, 0.6) is 0 Å². The van der Waals surface area contributed by atoms with Gasteiger partial charge in [-0.25, -0.2) is 0 Å².